The zero-order valence-electron chi connectivity index (χ0n) is 14.1. The van der Waals surface area contributed by atoms with Gasteiger partial charge in [0.15, 0.2) is 21.9 Å². The molecule has 0 aliphatic rings. The zero-order valence-corrected chi connectivity index (χ0v) is 14.9. The highest BCUT2D eigenvalue weighted by molar-refractivity contribution is 7.16. The number of ether oxygens (including phenoxy) is 1. The molecule has 2 heterocycles. The number of halogens is 5. The highest BCUT2D eigenvalue weighted by Gasteiger charge is 2.35. The molecule has 2 aromatic carbocycles. The molecule has 0 bridgehead atoms. The molecule has 4 aromatic rings. The lowest BCUT2D eigenvalue weighted by atomic mass is 10.2. The maximum absolute atomic E-state index is 14.4. The Hall–Kier alpha value is -3.34. The van der Waals surface area contributed by atoms with Gasteiger partial charge >= 0.3 is 12.2 Å². The number of hydrogen-bond donors (Lipinski definition) is 0. The topological polar surface area (TPSA) is 57.0 Å². The number of aromatic nitrogens is 3. The summed E-state index contributed by atoms with van der Waals surface area (Å²) < 4.78 is 72.7. The standard InChI is InChI=1S/C18H8F5N3O2S/c19-9-4-6-10(7-5-9)26-16(27)14-15(29-8-24-14)25-17(26)28-12-3-1-2-11(13(12)20)18(21,22)23/h1-8H. The molecular formula is C18H8F5N3O2S. The summed E-state index contributed by atoms with van der Waals surface area (Å²) in [6.07, 6.45) is -4.94. The molecule has 5 nitrogen and oxygen atoms in total. The van der Waals surface area contributed by atoms with Gasteiger partial charge in [-0.25, -0.2) is 18.3 Å². The van der Waals surface area contributed by atoms with Crippen LogP contribution in [-0.4, -0.2) is 14.5 Å². The van der Waals surface area contributed by atoms with E-state index in [2.05, 4.69) is 9.97 Å². The van der Waals surface area contributed by atoms with E-state index in [4.69, 9.17) is 4.74 Å². The van der Waals surface area contributed by atoms with E-state index in [1.807, 2.05) is 0 Å². The van der Waals surface area contributed by atoms with Crippen LogP contribution in [0.1, 0.15) is 5.56 Å². The van der Waals surface area contributed by atoms with E-state index in [-0.39, 0.29) is 16.0 Å². The van der Waals surface area contributed by atoms with Gasteiger partial charge in [0.2, 0.25) is 0 Å². The number of fused-ring (bicyclic) bond motifs is 1. The summed E-state index contributed by atoms with van der Waals surface area (Å²) in [4.78, 5) is 20.9. The molecule has 29 heavy (non-hydrogen) atoms. The minimum Gasteiger partial charge on any atom is -0.422 e. The monoisotopic (exact) mass is 425 g/mol. The third-order valence-corrected chi connectivity index (χ3v) is 4.62. The quantitative estimate of drug-likeness (QED) is 0.437. The molecule has 2 aromatic heterocycles. The lowest BCUT2D eigenvalue weighted by Crippen LogP contribution is -2.21. The summed E-state index contributed by atoms with van der Waals surface area (Å²) >= 11 is 0.995. The van der Waals surface area contributed by atoms with Gasteiger partial charge in [-0.2, -0.15) is 18.2 Å². The number of hydrogen-bond acceptors (Lipinski definition) is 5. The molecule has 0 aliphatic heterocycles. The summed E-state index contributed by atoms with van der Waals surface area (Å²) in [7, 11) is 0. The van der Waals surface area contributed by atoms with Crippen LogP contribution in [0, 0.1) is 11.6 Å². The molecule has 0 saturated carbocycles. The molecule has 4 rings (SSSR count). The molecule has 0 atom stereocenters. The number of benzene rings is 2. The van der Waals surface area contributed by atoms with Gasteiger partial charge in [0.1, 0.15) is 5.82 Å². The van der Waals surface area contributed by atoms with Crippen molar-refractivity contribution in [2.24, 2.45) is 0 Å². The Morgan fingerprint density at radius 2 is 1.76 bits per heavy atom. The molecule has 0 aliphatic carbocycles. The first kappa shape index (κ1) is 19.0. The lowest BCUT2D eigenvalue weighted by molar-refractivity contribution is -0.140. The van der Waals surface area contributed by atoms with Gasteiger partial charge in [-0.15, -0.1) is 11.3 Å². The van der Waals surface area contributed by atoms with Crippen molar-refractivity contribution in [2.75, 3.05) is 0 Å². The van der Waals surface area contributed by atoms with Crippen molar-refractivity contribution in [1.29, 1.82) is 0 Å². The molecule has 0 unspecified atom stereocenters. The first-order valence-corrected chi connectivity index (χ1v) is 8.79. The molecule has 0 N–H and O–H groups in total. The average molecular weight is 425 g/mol. The SMILES string of the molecule is O=c1c2ncsc2nc(Oc2cccc(C(F)(F)F)c2F)n1-c1ccc(F)cc1. The van der Waals surface area contributed by atoms with Crippen molar-refractivity contribution in [3.05, 3.63) is 75.5 Å². The molecule has 0 spiro atoms. The number of nitrogens with zero attached hydrogens (tertiary/aromatic N) is 3. The molecule has 148 valence electrons. The number of thiazole rings is 1. The Bertz CT molecular complexity index is 1270. The third kappa shape index (κ3) is 3.44. The fourth-order valence-electron chi connectivity index (χ4n) is 2.59. The highest BCUT2D eigenvalue weighted by Crippen LogP contribution is 2.36. The third-order valence-electron chi connectivity index (χ3n) is 3.90. The average Bonchev–Trinajstić information content (AvgIpc) is 3.13. The fraction of sp³-hybridized carbons (Fsp3) is 0.0556. The van der Waals surface area contributed by atoms with Gasteiger partial charge in [-0.1, -0.05) is 6.07 Å². The first-order chi connectivity index (χ1) is 13.8. The molecule has 0 radical (unpaired) electrons. The predicted molar refractivity (Wildman–Crippen MR) is 94.4 cm³/mol. The normalized spacial score (nSPS) is 11.8. The van der Waals surface area contributed by atoms with Crippen molar-refractivity contribution in [1.82, 2.24) is 14.5 Å². The minimum absolute atomic E-state index is 0.0174. The number of alkyl halides is 3. The smallest absolute Gasteiger partial charge is 0.419 e. The maximum Gasteiger partial charge on any atom is 0.419 e. The molecular weight excluding hydrogens is 417 g/mol. The van der Waals surface area contributed by atoms with Crippen LogP contribution in [0.3, 0.4) is 0 Å². The fourth-order valence-corrected chi connectivity index (χ4v) is 3.23. The van der Waals surface area contributed by atoms with Crippen LogP contribution in [0.4, 0.5) is 22.0 Å². The molecule has 0 saturated heterocycles. The zero-order chi connectivity index (χ0) is 20.8. The summed E-state index contributed by atoms with van der Waals surface area (Å²) in [6.45, 7) is 0. The summed E-state index contributed by atoms with van der Waals surface area (Å²) in [6, 6.07) is 6.64. The summed E-state index contributed by atoms with van der Waals surface area (Å²) in [5, 5.41) is 0. The second kappa shape index (κ2) is 6.92. The second-order valence-corrected chi connectivity index (χ2v) is 6.57. The molecule has 0 amide bonds. The van der Waals surface area contributed by atoms with Gasteiger partial charge in [0.25, 0.3) is 5.56 Å². The van der Waals surface area contributed by atoms with Crippen LogP contribution < -0.4 is 10.3 Å². The Labute approximate surface area is 162 Å². The van der Waals surface area contributed by atoms with Crippen LogP contribution in [0.2, 0.25) is 0 Å². The Balaban J connectivity index is 1.92. The Kier molecular flexibility index (Phi) is 4.53. The van der Waals surface area contributed by atoms with Crippen molar-refractivity contribution in [2.45, 2.75) is 6.18 Å². The van der Waals surface area contributed by atoms with E-state index in [0.717, 1.165) is 40.2 Å². The Morgan fingerprint density at radius 3 is 2.45 bits per heavy atom. The summed E-state index contributed by atoms with van der Waals surface area (Å²) in [5.41, 5.74) is -0.782. The van der Waals surface area contributed by atoms with E-state index < -0.39 is 40.7 Å². The van der Waals surface area contributed by atoms with Crippen LogP contribution in [0.15, 0.2) is 52.8 Å². The van der Waals surface area contributed by atoms with Crippen LogP contribution in [-0.2, 0) is 6.18 Å². The van der Waals surface area contributed by atoms with Crippen molar-refractivity contribution < 1.29 is 26.7 Å². The Morgan fingerprint density at radius 1 is 1.03 bits per heavy atom. The number of rotatable bonds is 3. The summed E-state index contributed by atoms with van der Waals surface area (Å²) in [5.74, 6) is -2.99. The van der Waals surface area contributed by atoms with Gasteiger partial charge in [-0.05, 0) is 36.4 Å². The highest BCUT2D eigenvalue weighted by atomic mass is 32.1. The molecule has 11 heteroatoms. The molecule has 0 fully saturated rings. The van der Waals surface area contributed by atoms with Crippen molar-refractivity contribution >= 4 is 21.7 Å². The minimum atomic E-state index is -4.94. The van der Waals surface area contributed by atoms with Gasteiger partial charge in [-0.3, -0.25) is 4.79 Å². The van der Waals surface area contributed by atoms with Crippen LogP contribution in [0.5, 0.6) is 11.8 Å². The maximum atomic E-state index is 14.4. The second-order valence-electron chi connectivity index (χ2n) is 5.73. The van der Waals surface area contributed by atoms with Gasteiger partial charge in [0.05, 0.1) is 16.8 Å². The van der Waals surface area contributed by atoms with E-state index in [1.54, 1.807) is 0 Å². The predicted octanol–water partition coefficient (Wildman–Crippen LogP) is 4.93. The van der Waals surface area contributed by atoms with Crippen molar-refractivity contribution in [3.63, 3.8) is 0 Å². The first-order valence-electron chi connectivity index (χ1n) is 7.91. The van der Waals surface area contributed by atoms with Crippen molar-refractivity contribution in [3.8, 4) is 17.4 Å². The largest absolute Gasteiger partial charge is 0.422 e. The lowest BCUT2D eigenvalue weighted by Gasteiger charge is -2.15. The van der Waals surface area contributed by atoms with E-state index in [0.29, 0.717) is 6.07 Å². The van der Waals surface area contributed by atoms with Gasteiger partial charge < -0.3 is 4.74 Å². The van der Waals surface area contributed by atoms with Gasteiger partial charge in [0, 0.05) is 0 Å². The van der Waals surface area contributed by atoms with Crippen LogP contribution >= 0.6 is 11.3 Å². The van der Waals surface area contributed by atoms with Crippen LogP contribution in [0.25, 0.3) is 16.0 Å². The van der Waals surface area contributed by atoms with E-state index in [9.17, 15) is 26.7 Å². The van der Waals surface area contributed by atoms with E-state index in [1.165, 1.54) is 17.6 Å². The van der Waals surface area contributed by atoms with E-state index >= 15 is 0 Å².